The summed E-state index contributed by atoms with van der Waals surface area (Å²) in [4.78, 5) is 23.4. The van der Waals surface area contributed by atoms with E-state index in [0.29, 0.717) is 37.0 Å². The minimum atomic E-state index is 0.00736. The molecule has 2 amide bonds. The third-order valence-corrected chi connectivity index (χ3v) is 3.54. The second kappa shape index (κ2) is 4.16. The van der Waals surface area contributed by atoms with E-state index in [2.05, 4.69) is 15.3 Å². The lowest BCUT2D eigenvalue weighted by atomic mass is 10.2. The van der Waals surface area contributed by atoms with Crippen LogP contribution in [-0.4, -0.2) is 53.1 Å². The highest BCUT2D eigenvalue weighted by Gasteiger charge is 2.36. The van der Waals surface area contributed by atoms with E-state index in [0.717, 1.165) is 0 Å². The number of nitrogen functional groups attached to an aromatic ring is 1. The maximum atomic E-state index is 11.5. The summed E-state index contributed by atoms with van der Waals surface area (Å²) in [5.74, 6) is 0.848. The molecule has 2 aliphatic rings. The van der Waals surface area contributed by atoms with Crippen LogP contribution in [0.1, 0.15) is 0 Å². The van der Waals surface area contributed by atoms with Gasteiger partial charge in [0.25, 0.3) is 0 Å². The molecule has 1 atom stereocenters. The number of amides is 2. The van der Waals surface area contributed by atoms with Crippen LogP contribution in [0, 0.1) is 0 Å². The Bertz CT molecular complexity index is 495. The second-order valence-corrected chi connectivity index (χ2v) is 4.79. The van der Waals surface area contributed by atoms with Crippen LogP contribution in [0.25, 0.3) is 0 Å². The normalized spacial score (nSPS) is 22.9. The SMILES string of the molecule is Nc1ncc(Cl)c(N2CCN3C(=O)NCC3C2)n1. The van der Waals surface area contributed by atoms with Gasteiger partial charge in [-0.05, 0) is 0 Å². The first kappa shape index (κ1) is 11.3. The van der Waals surface area contributed by atoms with Crippen molar-refractivity contribution in [3.63, 3.8) is 0 Å². The Kier molecular flexibility index (Phi) is 2.62. The summed E-state index contributed by atoms with van der Waals surface area (Å²) in [6, 6.07) is 0.173. The number of nitrogens with zero attached hydrogens (tertiary/aromatic N) is 4. The number of hydrogen-bond donors (Lipinski definition) is 2. The molecule has 0 aromatic carbocycles. The number of halogens is 1. The van der Waals surface area contributed by atoms with Crippen LogP contribution in [0.15, 0.2) is 6.20 Å². The topological polar surface area (TPSA) is 87.4 Å². The molecule has 3 N–H and O–H groups in total. The Balaban J connectivity index is 1.82. The summed E-state index contributed by atoms with van der Waals surface area (Å²) in [5, 5.41) is 3.31. The number of aromatic nitrogens is 2. The molecule has 2 aliphatic heterocycles. The number of urea groups is 1. The van der Waals surface area contributed by atoms with Gasteiger partial charge in [0, 0.05) is 26.2 Å². The van der Waals surface area contributed by atoms with Crippen LogP contribution in [0.4, 0.5) is 16.6 Å². The van der Waals surface area contributed by atoms with E-state index in [1.165, 1.54) is 6.20 Å². The predicted molar refractivity (Wildman–Crippen MR) is 67.6 cm³/mol. The first-order valence-corrected chi connectivity index (χ1v) is 6.10. The molecule has 0 radical (unpaired) electrons. The van der Waals surface area contributed by atoms with E-state index in [1.54, 1.807) is 0 Å². The fourth-order valence-corrected chi connectivity index (χ4v) is 2.60. The van der Waals surface area contributed by atoms with Gasteiger partial charge >= 0.3 is 6.03 Å². The van der Waals surface area contributed by atoms with E-state index in [1.807, 2.05) is 9.80 Å². The predicted octanol–water partition coefficient (Wildman–Crippen LogP) is -0.0740. The van der Waals surface area contributed by atoms with Crippen molar-refractivity contribution in [2.24, 2.45) is 0 Å². The zero-order valence-electron chi connectivity index (χ0n) is 9.64. The van der Waals surface area contributed by atoms with Gasteiger partial charge in [-0.1, -0.05) is 11.6 Å². The van der Waals surface area contributed by atoms with Crippen molar-refractivity contribution in [2.75, 3.05) is 36.8 Å². The Hall–Kier alpha value is -1.76. The summed E-state index contributed by atoms with van der Waals surface area (Å²) < 4.78 is 0. The van der Waals surface area contributed by atoms with E-state index < -0.39 is 0 Å². The Morgan fingerprint density at radius 1 is 1.50 bits per heavy atom. The van der Waals surface area contributed by atoms with Crippen LogP contribution in [0.2, 0.25) is 5.02 Å². The third kappa shape index (κ3) is 1.80. The lowest BCUT2D eigenvalue weighted by Crippen LogP contribution is -2.52. The molecule has 96 valence electrons. The number of nitrogens with two attached hydrogens (primary N) is 1. The molecular weight excluding hydrogens is 256 g/mol. The van der Waals surface area contributed by atoms with E-state index in [4.69, 9.17) is 17.3 Å². The first-order chi connectivity index (χ1) is 8.65. The molecule has 18 heavy (non-hydrogen) atoms. The van der Waals surface area contributed by atoms with Crippen LogP contribution < -0.4 is 16.0 Å². The maximum absolute atomic E-state index is 11.5. The van der Waals surface area contributed by atoms with Gasteiger partial charge in [-0.2, -0.15) is 4.98 Å². The molecule has 3 rings (SSSR count). The lowest BCUT2D eigenvalue weighted by molar-refractivity contribution is 0.197. The number of rotatable bonds is 1. The molecule has 1 aromatic rings. The van der Waals surface area contributed by atoms with Crippen molar-refractivity contribution < 1.29 is 4.79 Å². The zero-order chi connectivity index (χ0) is 12.7. The largest absolute Gasteiger partial charge is 0.368 e. The minimum Gasteiger partial charge on any atom is -0.368 e. The summed E-state index contributed by atoms with van der Waals surface area (Å²) in [5.41, 5.74) is 5.58. The molecule has 2 saturated heterocycles. The fraction of sp³-hybridized carbons (Fsp3) is 0.500. The number of hydrogen-bond acceptors (Lipinski definition) is 5. The molecule has 8 heteroatoms. The molecule has 0 spiro atoms. The molecule has 1 aromatic heterocycles. The van der Waals surface area contributed by atoms with Crippen LogP contribution in [0.3, 0.4) is 0 Å². The van der Waals surface area contributed by atoms with E-state index in [9.17, 15) is 4.79 Å². The number of fused-ring (bicyclic) bond motifs is 1. The summed E-state index contributed by atoms with van der Waals surface area (Å²) >= 11 is 6.08. The Morgan fingerprint density at radius 3 is 3.17 bits per heavy atom. The minimum absolute atomic E-state index is 0.00736. The van der Waals surface area contributed by atoms with Gasteiger partial charge in [0.1, 0.15) is 5.02 Å². The molecule has 3 heterocycles. The molecule has 1 unspecified atom stereocenters. The van der Waals surface area contributed by atoms with E-state index >= 15 is 0 Å². The highest BCUT2D eigenvalue weighted by atomic mass is 35.5. The highest BCUT2D eigenvalue weighted by Crippen LogP contribution is 2.26. The molecular formula is C10H13ClN6O. The third-order valence-electron chi connectivity index (χ3n) is 3.28. The highest BCUT2D eigenvalue weighted by molar-refractivity contribution is 6.32. The molecule has 7 nitrogen and oxygen atoms in total. The molecule has 2 fully saturated rings. The summed E-state index contributed by atoms with van der Waals surface area (Å²) in [6.45, 7) is 2.72. The monoisotopic (exact) mass is 268 g/mol. The van der Waals surface area contributed by atoms with Crippen molar-refractivity contribution in [2.45, 2.75) is 6.04 Å². The van der Waals surface area contributed by atoms with Crippen LogP contribution in [-0.2, 0) is 0 Å². The summed E-state index contributed by atoms with van der Waals surface area (Å²) in [7, 11) is 0. The number of piperazine rings is 1. The number of carbonyl (C=O) groups excluding carboxylic acids is 1. The molecule has 0 aliphatic carbocycles. The van der Waals surface area contributed by atoms with Gasteiger partial charge in [-0.15, -0.1) is 0 Å². The van der Waals surface area contributed by atoms with Crippen molar-refractivity contribution in [3.05, 3.63) is 11.2 Å². The van der Waals surface area contributed by atoms with Crippen LogP contribution >= 0.6 is 11.6 Å². The lowest BCUT2D eigenvalue weighted by Gasteiger charge is -2.37. The van der Waals surface area contributed by atoms with E-state index in [-0.39, 0.29) is 18.0 Å². The standard InChI is InChI=1S/C10H13ClN6O/c11-7-4-13-9(12)15-8(7)16-1-2-17-6(5-16)3-14-10(17)18/h4,6H,1-3,5H2,(H,14,18)(H2,12,13,15). The average molecular weight is 269 g/mol. The first-order valence-electron chi connectivity index (χ1n) is 5.72. The van der Waals surface area contributed by atoms with Crippen molar-refractivity contribution in [1.29, 1.82) is 0 Å². The zero-order valence-corrected chi connectivity index (χ0v) is 10.4. The van der Waals surface area contributed by atoms with Crippen molar-refractivity contribution in [1.82, 2.24) is 20.2 Å². The van der Waals surface area contributed by atoms with Crippen molar-refractivity contribution >= 4 is 29.4 Å². The average Bonchev–Trinajstić information content (AvgIpc) is 2.74. The maximum Gasteiger partial charge on any atom is 0.317 e. The Morgan fingerprint density at radius 2 is 2.33 bits per heavy atom. The number of carbonyl (C=O) groups is 1. The van der Waals surface area contributed by atoms with Gasteiger partial charge in [-0.3, -0.25) is 0 Å². The smallest absolute Gasteiger partial charge is 0.317 e. The quantitative estimate of drug-likeness (QED) is 0.744. The van der Waals surface area contributed by atoms with Gasteiger partial charge in [0.2, 0.25) is 5.95 Å². The number of nitrogens with one attached hydrogen (secondary N) is 1. The fourth-order valence-electron chi connectivity index (χ4n) is 2.39. The van der Waals surface area contributed by atoms with Gasteiger partial charge < -0.3 is 20.9 Å². The number of anilines is 2. The van der Waals surface area contributed by atoms with Crippen LogP contribution in [0.5, 0.6) is 0 Å². The molecule has 0 saturated carbocycles. The Labute approximate surface area is 109 Å². The van der Waals surface area contributed by atoms with Gasteiger partial charge in [0.15, 0.2) is 5.82 Å². The second-order valence-electron chi connectivity index (χ2n) is 4.38. The van der Waals surface area contributed by atoms with Crippen molar-refractivity contribution in [3.8, 4) is 0 Å². The summed E-state index contributed by atoms with van der Waals surface area (Å²) in [6.07, 6.45) is 1.50. The molecule has 0 bridgehead atoms. The van der Waals surface area contributed by atoms with Gasteiger partial charge in [0.05, 0.1) is 12.2 Å². The van der Waals surface area contributed by atoms with Gasteiger partial charge in [-0.25, -0.2) is 9.78 Å².